The monoisotopic (exact) mass is 848 g/mol. The Morgan fingerprint density at radius 1 is 0.807 bits per heavy atom. The summed E-state index contributed by atoms with van der Waals surface area (Å²) in [5.41, 5.74) is -2.22. The van der Waals surface area contributed by atoms with Crippen LogP contribution in [0.4, 0.5) is 0 Å². The largest absolute Gasteiger partial charge is 1.00 e. The Balaban J connectivity index is 0.00000620. The van der Waals surface area contributed by atoms with Gasteiger partial charge in [-0.25, -0.2) is 8.42 Å². The van der Waals surface area contributed by atoms with Gasteiger partial charge >= 0.3 is 29.6 Å². The zero-order valence-corrected chi connectivity index (χ0v) is 36.8. The second-order valence-corrected chi connectivity index (χ2v) is 19.9. The van der Waals surface area contributed by atoms with Gasteiger partial charge in [-0.05, 0) is 91.8 Å². The number of aliphatic hydroxyl groups excluding tert-OH is 8. The van der Waals surface area contributed by atoms with Crippen LogP contribution in [0, 0.1) is 46.3 Å². The van der Waals surface area contributed by atoms with Gasteiger partial charge in [0.05, 0.1) is 43.2 Å². The summed E-state index contributed by atoms with van der Waals surface area (Å²) in [6.07, 6.45) is -10.8. The summed E-state index contributed by atoms with van der Waals surface area (Å²) in [5.74, 6) is -0.894. The van der Waals surface area contributed by atoms with Crippen LogP contribution in [-0.4, -0.2) is 157 Å². The predicted octanol–water partition coefficient (Wildman–Crippen LogP) is -3.73. The fraction of sp³-hybridized carbons (Fsp3) is 1.00. The average Bonchev–Trinajstić information content (AvgIpc) is 3.40. The second kappa shape index (κ2) is 18.2. The molecular formula is C38H65NaO17S. The van der Waals surface area contributed by atoms with Gasteiger partial charge in [-0.3, -0.25) is 4.18 Å². The molecule has 0 bridgehead atoms. The predicted molar refractivity (Wildman–Crippen MR) is 193 cm³/mol. The van der Waals surface area contributed by atoms with Crippen LogP contribution in [0.2, 0.25) is 0 Å². The quantitative estimate of drug-likeness (QED) is 0.0395. The van der Waals surface area contributed by atoms with Crippen molar-refractivity contribution in [2.24, 2.45) is 46.3 Å². The van der Waals surface area contributed by atoms with Crippen molar-refractivity contribution in [1.29, 1.82) is 0 Å². The zero-order chi connectivity index (χ0) is 41.3. The molecule has 12 unspecified atom stereocenters. The average molecular weight is 849 g/mol. The molecule has 21 atom stereocenters. The molecule has 2 heterocycles. The van der Waals surface area contributed by atoms with Gasteiger partial charge in [-0.2, -0.15) is 0 Å². The van der Waals surface area contributed by atoms with Gasteiger partial charge in [-0.1, -0.05) is 34.6 Å². The van der Waals surface area contributed by atoms with Crippen LogP contribution < -0.4 is 29.6 Å². The van der Waals surface area contributed by atoms with E-state index in [1.807, 2.05) is 13.8 Å². The maximum atomic E-state index is 12.8. The minimum absolute atomic E-state index is 0. The summed E-state index contributed by atoms with van der Waals surface area (Å²) in [5, 5.41) is 98.3. The van der Waals surface area contributed by atoms with Gasteiger partial charge in [-0.15, -0.1) is 0 Å². The minimum Gasteiger partial charge on any atom is -0.726 e. The number of fused-ring (bicyclic) bond motifs is 5. The van der Waals surface area contributed by atoms with Crippen LogP contribution in [0.5, 0.6) is 0 Å². The third-order valence-electron chi connectivity index (χ3n) is 15.2. The van der Waals surface area contributed by atoms with Crippen LogP contribution in [-0.2, 0) is 33.5 Å². The Morgan fingerprint density at radius 3 is 2.11 bits per heavy atom. The minimum atomic E-state index is -5.11. The number of aliphatic hydroxyl groups is 9. The van der Waals surface area contributed by atoms with Gasteiger partial charge in [0.1, 0.15) is 42.7 Å². The first-order chi connectivity index (χ1) is 26.0. The molecule has 6 aliphatic rings. The fourth-order valence-corrected chi connectivity index (χ4v) is 12.6. The van der Waals surface area contributed by atoms with Crippen LogP contribution in [0.25, 0.3) is 0 Å². The molecule has 0 radical (unpaired) electrons. The molecule has 6 rings (SSSR count). The van der Waals surface area contributed by atoms with E-state index >= 15 is 0 Å². The molecule has 0 aromatic rings. The molecule has 0 amide bonds. The Hall–Kier alpha value is 0.350. The number of hydrogen-bond donors (Lipinski definition) is 9. The molecule has 4 saturated carbocycles. The van der Waals surface area contributed by atoms with Crippen molar-refractivity contribution in [1.82, 2.24) is 0 Å². The summed E-state index contributed by atoms with van der Waals surface area (Å²) in [7, 11) is -5.11. The van der Waals surface area contributed by atoms with E-state index in [-0.39, 0.29) is 78.3 Å². The Bertz CT molecular complexity index is 1460. The molecule has 0 spiro atoms. The zero-order valence-electron chi connectivity index (χ0n) is 33.9. The Labute approximate surface area is 357 Å². The van der Waals surface area contributed by atoms with E-state index < -0.39 is 113 Å². The molecule has 17 nitrogen and oxygen atoms in total. The van der Waals surface area contributed by atoms with Gasteiger partial charge in [0.25, 0.3) is 0 Å². The summed E-state index contributed by atoms with van der Waals surface area (Å²) in [6.45, 7) is 9.18. The Kier molecular flexibility index (Phi) is 15.5. The smallest absolute Gasteiger partial charge is 0.726 e. The summed E-state index contributed by atoms with van der Waals surface area (Å²) >= 11 is 0. The van der Waals surface area contributed by atoms with Crippen molar-refractivity contribution < 1.29 is 112 Å². The maximum absolute atomic E-state index is 12.8. The molecule has 0 aromatic carbocycles. The van der Waals surface area contributed by atoms with Crippen molar-refractivity contribution in [3.8, 4) is 0 Å². The molecule has 2 aliphatic heterocycles. The SMILES string of the molecule is CC(C)[C@H](CC[C@@H](C)[C@H]1C[C@@H](O)C2[C@]3(O)C[C@H](O)C4C[C@@H](OC5OCC(O)C(O)C5O)CC[C@]4(C)C3CC[C@@]21C)OC1OC(COS(=O)(=O)[O-])C(O)C(O)C1O.[Na+]. The molecule has 57 heavy (non-hydrogen) atoms. The number of ether oxygens (including phenoxy) is 4. The van der Waals surface area contributed by atoms with Crippen molar-refractivity contribution in [3.05, 3.63) is 0 Å². The standard InChI is InChI=1S/C38H66O17S.Na/c1-17(2)25(54-35-32(46)30(44)29(43)26(55-35)16-52-56(48,49)50)7-6-18(3)20-13-22(39)33-37(20,5)11-9-27-36(4)10-8-19(12-21(36)23(40)14-38(27,33)47)53-34-31(45)28(42)24(41)15-51-34;/h17-35,39-47H,6-16H2,1-5H3,(H,48,49,50);/q;+1/p-1/t18-,19+,20-,21?,22-,23+,24?,25+,26?,27?,28?,29?,30?,31?,32?,33?,34?,35?,36+,37-,38+;/m1./s1. The molecule has 0 aromatic heterocycles. The summed E-state index contributed by atoms with van der Waals surface area (Å²) < 4.78 is 60.6. The van der Waals surface area contributed by atoms with Crippen LogP contribution in [0.3, 0.4) is 0 Å². The molecule has 326 valence electrons. The summed E-state index contributed by atoms with van der Waals surface area (Å²) in [4.78, 5) is 0. The van der Waals surface area contributed by atoms with E-state index in [0.29, 0.717) is 44.9 Å². The van der Waals surface area contributed by atoms with E-state index in [1.54, 1.807) is 0 Å². The van der Waals surface area contributed by atoms with Gasteiger partial charge in [0, 0.05) is 12.3 Å². The first-order valence-corrected chi connectivity index (χ1v) is 21.7. The number of rotatable bonds is 12. The van der Waals surface area contributed by atoms with Crippen molar-refractivity contribution in [3.63, 3.8) is 0 Å². The van der Waals surface area contributed by atoms with E-state index in [4.69, 9.17) is 18.9 Å². The molecule has 19 heteroatoms. The second-order valence-electron chi connectivity index (χ2n) is 18.8. The van der Waals surface area contributed by atoms with Crippen LogP contribution in [0.1, 0.15) is 92.4 Å². The first-order valence-electron chi connectivity index (χ1n) is 20.4. The summed E-state index contributed by atoms with van der Waals surface area (Å²) in [6, 6.07) is 0. The van der Waals surface area contributed by atoms with Gasteiger partial charge in [0.15, 0.2) is 12.6 Å². The topological polar surface area (TPSA) is 285 Å². The normalized spacial score (nSPS) is 50.0. The van der Waals surface area contributed by atoms with Crippen molar-refractivity contribution in [2.45, 2.75) is 178 Å². The Morgan fingerprint density at radius 2 is 1.46 bits per heavy atom. The first kappa shape index (κ1) is 48.4. The van der Waals surface area contributed by atoms with Gasteiger partial charge in [0.2, 0.25) is 10.4 Å². The van der Waals surface area contributed by atoms with E-state index in [9.17, 15) is 58.9 Å². The fourth-order valence-electron chi connectivity index (χ4n) is 12.3. The van der Waals surface area contributed by atoms with Crippen LogP contribution >= 0.6 is 0 Å². The van der Waals surface area contributed by atoms with E-state index in [2.05, 4.69) is 25.0 Å². The maximum Gasteiger partial charge on any atom is 1.00 e. The molecule has 6 fully saturated rings. The van der Waals surface area contributed by atoms with Crippen molar-refractivity contribution in [2.75, 3.05) is 13.2 Å². The van der Waals surface area contributed by atoms with E-state index in [0.717, 1.165) is 6.42 Å². The third-order valence-corrected chi connectivity index (χ3v) is 15.6. The van der Waals surface area contributed by atoms with Gasteiger partial charge < -0.3 is 69.5 Å². The van der Waals surface area contributed by atoms with E-state index in [1.165, 1.54) is 0 Å². The molecule has 4 aliphatic carbocycles. The van der Waals surface area contributed by atoms with Crippen LogP contribution in [0.15, 0.2) is 0 Å². The molecule has 2 saturated heterocycles. The third kappa shape index (κ3) is 9.36. The van der Waals surface area contributed by atoms with Crippen molar-refractivity contribution >= 4 is 10.4 Å². The molecule has 9 N–H and O–H groups in total. The number of hydrogen-bond acceptors (Lipinski definition) is 17. The molecular weight excluding hydrogens is 783 g/mol.